The number of esters is 1. The Morgan fingerprint density at radius 1 is 0.903 bits per heavy atom. The normalized spacial score (nSPS) is 11.3. The molecule has 0 aliphatic heterocycles. The smallest absolute Gasteiger partial charge is 0.418 e. The first kappa shape index (κ1) is 22.4. The van der Waals surface area contributed by atoms with E-state index in [0.29, 0.717) is 17.2 Å². The van der Waals surface area contributed by atoms with Gasteiger partial charge in [0.05, 0.1) is 11.3 Å². The average Bonchev–Trinajstić information content (AvgIpc) is 2.74. The van der Waals surface area contributed by atoms with Crippen LogP contribution in [0, 0.1) is 0 Å². The molecule has 160 valence electrons. The van der Waals surface area contributed by atoms with Crippen LogP contribution in [0.25, 0.3) is 0 Å². The molecule has 0 saturated heterocycles. The lowest BCUT2D eigenvalue weighted by Crippen LogP contribution is -2.25. The molecule has 0 saturated carbocycles. The fraction of sp³-hybridized carbons (Fsp3) is 0.130. The Morgan fingerprint density at radius 3 is 1.97 bits per heavy atom. The fourth-order valence-corrected chi connectivity index (χ4v) is 3.19. The molecule has 1 N–H and O–H groups in total. The molecule has 0 spiro atoms. The van der Waals surface area contributed by atoms with Gasteiger partial charge in [0.15, 0.2) is 6.61 Å². The van der Waals surface area contributed by atoms with Crippen LogP contribution in [0.1, 0.15) is 22.6 Å². The summed E-state index contributed by atoms with van der Waals surface area (Å²) in [5.74, 6) is -2.38. The minimum Gasteiger partial charge on any atom is -0.455 e. The van der Waals surface area contributed by atoms with Crippen LogP contribution in [0.2, 0.25) is 5.02 Å². The maximum atomic E-state index is 13.2. The van der Waals surface area contributed by atoms with Gasteiger partial charge in [-0.2, -0.15) is 13.2 Å². The van der Waals surface area contributed by atoms with Gasteiger partial charge in [0, 0.05) is 5.02 Å². The summed E-state index contributed by atoms with van der Waals surface area (Å²) < 4.78 is 44.7. The summed E-state index contributed by atoms with van der Waals surface area (Å²) in [5, 5.41) is 2.00. The Kier molecular flexibility index (Phi) is 6.97. The number of hydrogen-bond acceptors (Lipinski definition) is 3. The van der Waals surface area contributed by atoms with Crippen LogP contribution < -0.4 is 5.32 Å². The van der Waals surface area contributed by atoms with Crippen LogP contribution in [0.15, 0.2) is 78.9 Å². The van der Waals surface area contributed by atoms with Crippen molar-refractivity contribution in [1.82, 2.24) is 0 Å². The topological polar surface area (TPSA) is 55.4 Å². The van der Waals surface area contributed by atoms with E-state index in [4.69, 9.17) is 16.3 Å². The lowest BCUT2D eigenvalue weighted by molar-refractivity contribution is -0.148. The summed E-state index contributed by atoms with van der Waals surface area (Å²) in [6.07, 6.45) is -4.71. The number of anilines is 1. The van der Waals surface area contributed by atoms with E-state index < -0.39 is 41.8 Å². The predicted molar refractivity (Wildman–Crippen MR) is 111 cm³/mol. The van der Waals surface area contributed by atoms with Crippen LogP contribution in [0.3, 0.4) is 0 Å². The fourth-order valence-electron chi connectivity index (χ4n) is 3.02. The molecule has 8 heteroatoms. The zero-order valence-electron chi connectivity index (χ0n) is 16.0. The summed E-state index contributed by atoms with van der Waals surface area (Å²) in [4.78, 5) is 25.0. The summed E-state index contributed by atoms with van der Waals surface area (Å²) in [5.41, 5.74) is -0.237. The Bertz CT molecular complexity index is 1020. The highest BCUT2D eigenvalue weighted by molar-refractivity contribution is 6.30. The number of carbonyl (C=O) groups excluding carboxylic acids is 2. The molecule has 0 radical (unpaired) electrons. The summed E-state index contributed by atoms with van der Waals surface area (Å²) in [7, 11) is 0. The number of amides is 1. The van der Waals surface area contributed by atoms with Crippen molar-refractivity contribution in [3.8, 4) is 0 Å². The van der Waals surface area contributed by atoms with Crippen molar-refractivity contribution in [3.63, 3.8) is 0 Å². The molecule has 0 aromatic heterocycles. The molecule has 0 aliphatic rings. The quantitative estimate of drug-likeness (QED) is 0.495. The first-order valence-electron chi connectivity index (χ1n) is 9.19. The van der Waals surface area contributed by atoms with E-state index in [1.54, 1.807) is 60.7 Å². The summed E-state index contributed by atoms with van der Waals surface area (Å²) >= 11 is 5.63. The van der Waals surface area contributed by atoms with E-state index in [1.807, 2.05) is 0 Å². The predicted octanol–water partition coefficient (Wildman–Crippen LogP) is 5.67. The molecule has 1 amide bonds. The number of alkyl halides is 3. The maximum absolute atomic E-state index is 13.2. The number of rotatable bonds is 6. The highest BCUT2D eigenvalue weighted by Crippen LogP contribution is 2.36. The van der Waals surface area contributed by atoms with Gasteiger partial charge < -0.3 is 10.1 Å². The Hall–Kier alpha value is -3.32. The number of ether oxygens (including phenoxy) is 1. The maximum Gasteiger partial charge on any atom is 0.418 e. The van der Waals surface area contributed by atoms with Gasteiger partial charge in [-0.25, -0.2) is 0 Å². The first-order chi connectivity index (χ1) is 14.8. The van der Waals surface area contributed by atoms with Gasteiger partial charge in [-0.15, -0.1) is 0 Å². The van der Waals surface area contributed by atoms with Crippen LogP contribution in [-0.4, -0.2) is 18.5 Å². The van der Waals surface area contributed by atoms with Gasteiger partial charge in [-0.3, -0.25) is 9.59 Å². The van der Waals surface area contributed by atoms with Gasteiger partial charge >= 0.3 is 12.1 Å². The average molecular weight is 448 g/mol. The third-order valence-corrected chi connectivity index (χ3v) is 4.64. The molecule has 0 fully saturated rings. The number of hydrogen-bond donors (Lipinski definition) is 1. The summed E-state index contributed by atoms with van der Waals surface area (Å²) in [6, 6.07) is 20.7. The molecule has 0 atom stereocenters. The Labute approximate surface area is 181 Å². The van der Waals surface area contributed by atoms with Crippen molar-refractivity contribution >= 4 is 29.2 Å². The number of halogens is 4. The number of nitrogens with one attached hydrogen (secondary N) is 1. The van der Waals surface area contributed by atoms with Crippen molar-refractivity contribution in [2.24, 2.45) is 0 Å². The molecule has 0 bridgehead atoms. The standard InChI is InChI=1S/C23H17ClF3NO3/c24-17-11-12-19(18(13-17)23(25,26)27)28-20(29)14-31-22(30)21(15-7-3-1-4-8-15)16-9-5-2-6-10-16/h1-13,21H,14H2,(H,28,29). The van der Waals surface area contributed by atoms with Crippen molar-refractivity contribution in [2.45, 2.75) is 12.1 Å². The first-order valence-corrected chi connectivity index (χ1v) is 9.56. The van der Waals surface area contributed by atoms with Gasteiger partial charge in [0.1, 0.15) is 5.92 Å². The lowest BCUT2D eigenvalue weighted by Gasteiger charge is -2.17. The van der Waals surface area contributed by atoms with Crippen molar-refractivity contribution in [1.29, 1.82) is 0 Å². The third kappa shape index (κ3) is 5.86. The second-order valence-corrected chi connectivity index (χ2v) is 7.03. The molecule has 0 unspecified atom stereocenters. The van der Waals surface area contributed by atoms with E-state index in [-0.39, 0.29) is 5.02 Å². The van der Waals surface area contributed by atoms with E-state index in [1.165, 1.54) is 6.07 Å². The van der Waals surface area contributed by atoms with Gasteiger partial charge in [0.2, 0.25) is 0 Å². The third-order valence-electron chi connectivity index (χ3n) is 4.41. The monoisotopic (exact) mass is 447 g/mol. The van der Waals surface area contributed by atoms with Crippen molar-refractivity contribution in [2.75, 3.05) is 11.9 Å². The van der Waals surface area contributed by atoms with Gasteiger partial charge in [-0.05, 0) is 29.3 Å². The second-order valence-electron chi connectivity index (χ2n) is 6.60. The van der Waals surface area contributed by atoms with E-state index in [9.17, 15) is 22.8 Å². The van der Waals surface area contributed by atoms with E-state index in [2.05, 4.69) is 5.32 Å². The van der Waals surface area contributed by atoms with Gasteiger partial charge in [0.25, 0.3) is 5.91 Å². The summed E-state index contributed by atoms with van der Waals surface area (Å²) in [6.45, 7) is -0.741. The molecule has 0 heterocycles. The largest absolute Gasteiger partial charge is 0.455 e. The zero-order valence-corrected chi connectivity index (χ0v) is 16.8. The van der Waals surface area contributed by atoms with Crippen molar-refractivity contribution < 1.29 is 27.5 Å². The SMILES string of the molecule is O=C(COC(=O)C(c1ccccc1)c1ccccc1)Nc1ccc(Cl)cc1C(F)(F)F. The zero-order chi connectivity index (χ0) is 22.4. The number of benzene rings is 3. The van der Waals surface area contributed by atoms with Crippen LogP contribution in [0.5, 0.6) is 0 Å². The van der Waals surface area contributed by atoms with Gasteiger partial charge in [-0.1, -0.05) is 72.3 Å². The molecule has 4 nitrogen and oxygen atoms in total. The molecular weight excluding hydrogens is 431 g/mol. The molecule has 3 rings (SSSR count). The highest BCUT2D eigenvalue weighted by atomic mass is 35.5. The number of carbonyl (C=O) groups is 2. The van der Waals surface area contributed by atoms with E-state index >= 15 is 0 Å². The molecule has 3 aromatic carbocycles. The highest BCUT2D eigenvalue weighted by Gasteiger charge is 2.34. The van der Waals surface area contributed by atoms with Crippen LogP contribution in [-0.2, 0) is 20.5 Å². The minimum absolute atomic E-state index is 0.120. The molecular formula is C23H17ClF3NO3. The second kappa shape index (κ2) is 9.66. The van der Waals surface area contributed by atoms with Crippen LogP contribution >= 0.6 is 11.6 Å². The van der Waals surface area contributed by atoms with E-state index in [0.717, 1.165) is 6.07 Å². The van der Waals surface area contributed by atoms with Crippen molar-refractivity contribution in [3.05, 3.63) is 101 Å². The minimum atomic E-state index is -4.71. The van der Waals surface area contributed by atoms with Crippen LogP contribution in [0.4, 0.5) is 18.9 Å². The Morgan fingerprint density at radius 2 is 1.45 bits per heavy atom. The molecule has 3 aromatic rings. The molecule has 31 heavy (non-hydrogen) atoms. The molecule has 0 aliphatic carbocycles. The Balaban J connectivity index is 1.73. The lowest BCUT2D eigenvalue weighted by atomic mass is 9.91.